The normalized spacial score (nSPS) is 10.8. The summed E-state index contributed by atoms with van der Waals surface area (Å²) in [6.45, 7) is 2.93. The van der Waals surface area contributed by atoms with Crippen LogP contribution in [-0.4, -0.2) is 37.8 Å². The first-order valence-electron chi connectivity index (χ1n) is 8.89. The van der Waals surface area contributed by atoms with E-state index >= 15 is 0 Å². The molecule has 0 fully saturated rings. The van der Waals surface area contributed by atoms with Gasteiger partial charge < -0.3 is 4.74 Å². The first-order chi connectivity index (χ1) is 14.6. The smallest absolute Gasteiger partial charge is 0.295 e. The lowest BCUT2D eigenvalue weighted by atomic mass is 10.2. The first kappa shape index (κ1) is 22.3. The molecule has 8 nitrogen and oxygen atoms in total. The molecule has 0 aliphatic rings. The van der Waals surface area contributed by atoms with Crippen LogP contribution in [-0.2, 0) is 6.61 Å². The number of aryl methyl sites for hydroxylation is 2. The van der Waals surface area contributed by atoms with Gasteiger partial charge in [0.2, 0.25) is 0 Å². The van der Waals surface area contributed by atoms with Gasteiger partial charge in [0.15, 0.2) is 5.82 Å². The van der Waals surface area contributed by atoms with Crippen molar-refractivity contribution in [1.29, 1.82) is 0 Å². The zero-order valence-electron chi connectivity index (χ0n) is 16.7. The van der Waals surface area contributed by atoms with Gasteiger partial charge >= 0.3 is 0 Å². The van der Waals surface area contributed by atoms with Gasteiger partial charge in [0.05, 0.1) is 11.9 Å². The van der Waals surface area contributed by atoms with Crippen molar-refractivity contribution in [2.24, 2.45) is 0 Å². The third-order valence-corrected chi connectivity index (χ3v) is 4.72. The van der Waals surface area contributed by atoms with Gasteiger partial charge in [-0.1, -0.05) is 11.6 Å². The molecule has 0 aliphatic heterocycles. The molecule has 3 heterocycles. The van der Waals surface area contributed by atoms with Crippen molar-refractivity contribution in [2.45, 2.75) is 20.5 Å². The summed E-state index contributed by atoms with van der Waals surface area (Å²) in [7, 11) is 1.16. The molecule has 0 bridgehead atoms. The fourth-order valence-corrected chi connectivity index (χ4v) is 3.01. The van der Waals surface area contributed by atoms with E-state index in [0.717, 1.165) is 13.2 Å². The highest BCUT2D eigenvalue weighted by atomic mass is 35.5. The number of pyridine rings is 3. The monoisotopic (exact) mass is 450 g/mol. The lowest BCUT2D eigenvalue weighted by Gasteiger charge is -2.17. The van der Waals surface area contributed by atoms with Crippen LogP contribution in [0.2, 0.25) is 5.02 Å². The summed E-state index contributed by atoms with van der Waals surface area (Å²) in [6, 6.07) is 3.49. The van der Waals surface area contributed by atoms with Crippen molar-refractivity contribution in [3.63, 3.8) is 0 Å². The number of rotatable bonds is 5. The molecule has 11 heteroatoms. The number of carbonyl (C=O) groups excluding carboxylic acids is 1. The summed E-state index contributed by atoms with van der Waals surface area (Å²) in [5.74, 6) is -2.48. The summed E-state index contributed by atoms with van der Waals surface area (Å²) in [6.07, 6.45) is 2.24. The van der Waals surface area contributed by atoms with Crippen LogP contribution in [0.25, 0.3) is 5.69 Å². The van der Waals surface area contributed by atoms with E-state index in [1.54, 1.807) is 13.8 Å². The quantitative estimate of drug-likeness (QED) is 0.473. The van der Waals surface area contributed by atoms with Crippen LogP contribution in [0, 0.1) is 25.5 Å². The van der Waals surface area contributed by atoms with Crippen LogP contribution >= 0.6 is 11.6 Å². The van der Waals surface area contributed by atoms with E-state index in [1.165, 1.54) is 22.9 Å². The average Bonchev–Trinajstić information content (AvgIpc) is 2.71. The molecule has 31 heavy (non-hydrogen) atoms. The minimum absolute atomic E-state index is 0.0101. The van der Waals surface area contributed by atoms with E-state index in [9.17, 15) is 23.6 Å². The maximum atomic E-state index is 13.8. The predicted octanol–water partition coefficient (Wildman–Crippen LogP) is 3.22. The summed E-state index contributed by atoms with van der Waals surface area (Å²) in [4.78, 5) is 32.6. The summed E-state index contributed by atoms with van der Waals surface area (Å²) in [5, 5.41) is 9.47. The summed E-state index contributed by atoms with van der Waals surface area (Å²) in [5.41, 5.74) is 0.440. The molecule has 162 valence electrons. The molecular formula is C20H17ClF2N4O4. The average molecular weight is 451 g/mol. The Kier molecular flexibility index (Phi) is 6.32. The number of aromatic nitrogens is 3. The molecule has 3 aromatic rings. The fourth-order valence-electron chi connectivity index (χ4n) is 2.82. The maximum Gasteiger partial charge on any atom is 0.295 e. The number of halogens is 3. The van der Waals surface area contributed by atoms with Crippen LogP contribution < -0.4 is 10.3 Å². The molecule has 3 aromatic heterocycles. The van der Waals surface area contributed by atoms with Crippen LogP contribution in [0.4, 0.5) is 8.78 Å². The second-order valence-corrected chi connectivity index (χ2v) is 7.04. The van der Waals surface area contributed by atoms with Crippen LogP contribution in [0.3, 0.4) is 0 Å². The second-order valence-electron chi connectivity index (χ2n) is 6.66. The number of nitrogens with zero attached hydrogens (tertiary/aromatic N) is 4. The standard InChI is InChI=1S/C20H17ClF2N4O4/c1-10-7-24-14(19(28)26(3)30)6-16(10)27-11(2)4-17(18(21)20(27)29)31-9-15-13(23)5-12(22)8-25-15/h4-8,30H,9H2,1-3H3. The maximum absolute atomic E-state index is 13.8. The zero-order valence-corrected chi connectivity index (χ0v) is 17.4. The van der Waals surface area contributed by atoms with Crippen molar-refractivity contribution in [2.75, 3.05) is 7.05 Å². The Morgan fingerprint density at radius 1 is 1.23 bits per heavy atom. The highest BCUT2D eigenvalue weighted by molar-refractivity contribution is 6.31. The molecule has 0 saturated carbocycles. The number of ether oxygens (including phenoxy) is 1. The number of hydrogen-bond acceptors (Lipinski definition) is 6. The van der Waals surface area contributed by atoms with Crippen molar-refractivity contribution in [1.82, 2.24) is 19.6 Å². The van der Waals surface area contributed by atoms with Gasteiger partial charge in [0.25, 0.3) is 11.5 Å². The molecule has 0 spiro atoms. The SMILES string of the molecule is Cc1cnc(C(=O)N(C)O)cc1-n1c(C)cc(OCc2ncc(F)cc2F)c(Cl)c1=O. The van der Waals surface area contributed by atoms with Crippen molar-refractivity contribution in [3.05, 3.63) is 80.2 Å². The Labute approximate surface area is 180 Å². The first-order valence-corrected chi connectivity index (χ1v) is 9.26. The van der Waals surface area contributed by atoms with E-state index in [1.807, 2.05) is 0 Å². The topological polar surface area (TPSA) is 97.6 Å². The zero-order chi connectivity index (χ0) is 22.9. The number of hydrogen-bond donors (Lipinski definition) is 1. The van der Waals surface area contributed by atoms with Crippen LogP contribution in [0.5, 0.6) is 5.75 Å². The lowest BCUT2D eigenvalue weighted by molar-refractivity contribution is -0.0379. The minimum Gasteiger partial charge on any atom is -0.485 e. The van der Waals surface area contributed by atoms with E-state index in [4.69, 9.17) is 16.3 Å². The van der Waals surface area contributed by atoms with Crippen LogP contribution in [0.1, 0.15) is 27.4 Å². The Morgan fingerprint density at radius 2 is 1.94 bits per heavy atom. The van der Waals surface area contributed by atoms with Gasteiger partial charge in [0, 0.05) is 31.1 Å². The molecule has 0 atom stereocenters. The molecule has 1 N–H and O–H groups in total. The molecule has 0 aliphatic carbocycles. The van der Waals surface area contributed by atoms with E-state index in [-0.39, 0.29) is 28.8 Å². The van der Waals surface area contributed by atoms with E-state index in [0.29, 0.717) is 28.1 Å². The van der Waals surface area contributed by atoms with Gasteiger partial charge in [-0.05, 0) is 25.5 Å². The van der Waals surface area contributed by atoms with Gasteiger partial charge in [0.1, 0.15) is 34.6 Å². The number of hydroxylamine groups is 2. The molecular weight excluding hydrogens is 434 g/mol. The molecule has 0 saturated heterocycles. The molecule has 0 radical (unpaired) electrons. The van der Waals surface area contributed by atoms with Crippen molar-refractivity contribution < 1.29 is 23.5 Å². The summed E-state index contributed by atoms with van der Waals surface area (Å²) < 4.78 is 33.5. The van der Waals surface area contributed by atoms with Crippen molar-refractivity contribution >= 4 is 17.5 Å². The van der Waals surface area contributed by atoms with Gasteiger partial charge in [-0.2, -0.15) is 0 Å². The molecule has 0 unspecified atom stereocenters. The molecule has 1 amide bonds. The Morgan fingerprint density at radius 3 is 2.58 bits per heavy atom. The third-order valence-electron chi connectivity index (χ3n) is 4.38. The Balaban J connectivity index is 2.00. The second kappa shape index (κ2) is 8.78. The van der Waals surface area contributed by atoms with E-state index < -0.39 is 23.1 Å². The van der Waals surface area contributed by atoms with Crippen LogP contribution in [0.15, 0.2) is 35.4 Å². The van der Waals surface area contributed by atoms with Gasteiger partial charge in [-0.15, -0.1) is 0 Å². The minimum atomic E-state index is -0.889. The Bertz CT molecular complexity index is 1230. The molecule has 0 aromatic carbocycles. The number of amides is 1. The highest BCUT2D eigenvalue weighted by Crippen LogP contribution is 2.26. The lowest BCUT2D eigenvalue weighted by Crippen LogP contribution is -2.26. The highest BCUT2D eigenvalue weighted by Gasteiger charge is 2.19. The van der Waals surface area contributed by atoms with E-state index in [2.05, 4.69) is 9.97 Å². The Hall–Kier alpha value is -3.37. The largest absolute Gasteiger partial charge is 0.485 e. The van der Waals surface area contributed by atoms with Crippen molar-refractivity contribution in [3.8, 4) is 11.4 Å². The fraction of sp³-hybridized carbons (Fsp3) is 0.200. The van der Waals surface area contributed by atoms with Gasteiger partial charge in [-0.25, -0.2) is 13.8 Å². The molecule has 3 rings (SSSR count). The summed E-state index contributed by atoms with van der Waals surface area (Å²) >= 11 is 6.19. The van der Waals surface area contributed by atoms with Gasteiger partial charge in [-0.3, -0.25) is 29.3 Å². The number of carbonyl (C=O) groups is 1. The predicted molar refractivity (Wildman–Crippen MR) is 107 cm³/mol. The third kappa shape index (κ3) is 4.54.